The van der Waals surface area contributed by atoms with Gasteiger partial charge in [0.1, 0.15) is 0 Å². The molecule has 0 radical (unpaired) electrons. The summed E-state index contributed by atoms with van der Waals surface area (Å²) in [5.74, 6) is 0.0366. The van der Waals surface area contributed by atoms with Crippen molar-refractivity contribution in [2.45, 2.75) is 56.8 Å². The lowest BCUT2D eigenvalue weighted by Crippen LogP contribution is -2.55. The molecule has 0 spiro atoms. The highest BCUT2D eigenvalue weighted by atomic mass is 32.2. The molecular weight excluding hydrogens is 342 g/mol. The van der Waals surface area contributed by atoms with Gasteiger partial charge in [-0.05, 0) is 33.6 Å². The molecule has 0 bridgehead atoms. The van der Waals surface area contributed by atoms with Crippen LogP contribution in [0.15, 0.2) is 17.6 Å². The largest absolute Gasteiger partial charge is 0.352 e. The van der Waals surface area contributed by atoms with Gasteiger partial charge in [-0.3, -0.25) is 9.69 Å². The third-order valence-electron chi connectivity index (χ3n) is 4.90. The molecule has 8 nitrogen and oxygen atoms in total. The van der Waals surface area contributed by atoms with E-state index in [9.17, 15) is 13.2 Å². The molecule has 0 aromatic carbocycles. The van der Waals surface area contributed by atoms with E-state index >= 15 is 0 Å². The van der Waals surface area contributed by atoms with E-state index in [2.05, 4.69) is 10.3 Å². The Bertz CT molecular complexity index is 718. The first-order valence-electron chi connectivity index (χ1n) is 8.87. The summed E-state index contributed by atoms with van der Waals surface area (Å²) in [6, 6.07) is 0.275. The van der Waals surface area contributed by atoms with Gasteiger partial charge in [0.25, 0.3) is 10.0 Å². The summed E-state index contributed by atoms with van der Waals surface area (Å²) in [6.07, 6.45) is 5.26. The van der Waals surface area contributed by atoms with Gasteiger partial charge in [-0.15, -0.1) is 0 Å². The quantitative estimate of drug-likeness (QED) is 0.786. The summed E-state index contributed by atoms with van der Waals surface area (Å²) in [6.45, 7) is 7.67. The zero-order chi connectivity index (χ0) is 18.2. The van der Waals surface area contributed by atoms with E-state index in [4.69, 9.17) is 0 Å². The maximum atomic E-state index is 12.7. The number of aromatic nitrogens is 2. The van der Waals surface area contributed by atoms with Crippen LogP contribution in [-0.4, -0.2) is 71.3 Å². The van der Waals surface area contributed by atoms with Crippen LogP contribution in [0.2, 0.25) is 0 Å². The lowest BCUT2D eigenvalue weighted by atomic mass is 10.2. The average molecular weight is 369 g/mol. The first kappa shape index (κ1) is 18.3. The third kappa shape index (κ3) is 4.04. The number of sulfonamides is 1. The molecule has 1 atom stereocenters. The van der Waals surface area contributed by atoms with Crippen molar-refractivity contribution in [2.24, 2.45) is 0 Å². The van der Waals surface area contributed by atoms with E-state index in [1.165, 1.54) is 4.31 Å². The van der Waals surface area contributed by atoms with Crippen LogP contribution in [0, 0.1) is 0 Å². The summed E-state index contributed by atoms with van der Waals surface area (Å²) in [4.78, 5) is 18.3. The van der Waals surface area contributed by atoms with Gasteiger partial charge >= 0.3 is 0 Å². The zero-order valence-electron chi connectivity index (χ0n) is 15.1. The summed E-state index contributed by atoms with van der Waals surface area (Å²) < 4.78 is 28.7. The van der Waals surface area contributed by atoms with Gasteiger partial charge in [0.15, 0.2) is 5.03 Å². The minimum atomic E-state index is -3.58. The van der Waals surface area contributed by atoms with Gasteiger partial charge in [0.2, 0.25) is 5.91 Å². The standard InChI is InChI=1S/C16H27N5O3S/c1-12(2)20-10-15(17-11-20)25(23,24)21-8-6-19(7-9-21)13(3)16(22)18-14-4-5-14/h10-14H,4-9H2,1-3H3,(H,18,22)/t13-/m1/s1. The molecule has 2 aliphatic rings. The van der Waals surface area contributed by atoms with E-state index in [0.29, 0.717) is 32.2 Å². The van der Waals surface area contributed by atoms with Crippen LogP contribution in [0.1, 0.15) is 39.7 Å². The van der Waals surface area contributed by atoms with Crippen molar-refractivity contribution in [2.75, 3.05) is 26.2 Å². The molecule has 1 N–H and O–H groups in total. The zero-order valence-corrected chi connectivity index (χ0v) is 15.9. The topological polar surface area (TPSA) is 87.5 Å². The minimum Gasteiger partial charge on any atom is -0.352 e. The van der Waals surface area contributed by atoms with E-state index in [1.807, 2.05) is 25.7 Å². The van der Waals surface area contributed by atoms with Crippen molar-refractivity contribution < 1.29 is 13.2 Å². The number of hydrogen-bond donors (Lipinski definition) is 1. The Morgan fingerprint density at radius 3 is 2.36 bits per heavy atom. The Kier molecular flexibility index (Phi) is 5.17. The van der Waals surface area contributed by atoms with Crippen LogP contribution in [0.4, 0.5) is 0 Å². The molecule has 1 aliphatic heterocycles. The van der Waals surface area contributed by atoms with E-state index in [0.717, 1.165) is 12.8 Å². The Labute approximate surface area is 149 Å². The highest BCUT2D eigenvalue weighted by Gasteiger charge is 2.34. The molecule has 140 valence electrons. The predicted molar refractivity (Wildman–Crippen MR) is 93.6 cm³/mol. The molecule has 1 aromatic heterocycles. The number of carbonyl (C=O) groups excluding carboxylic acids is 1. The van der Waals surface area contributed by atoms with Gasteiger partial charge in [0.05, 0.1) is 12.4 Å². The highest BCUT2D eigenvalue weighted by molar-refractivity contribution is 7.89. The van der Waals surface area contributed by atoms with Crippen molar-refractivity contribution >= 4 is 15.9 Å². The number of imidazole rings is 1. The Morgan fingerprint density at radius 2 is 1.84 bits per heavy atom. The van der Waals surface area contributed by atoms with Crippen molar-refractivity contribution in [3.05, 3.63) is 12.5 Å². The van der Waals surface area contributed by atoms with Gasteiger partial charge < -0.3 is 9.88 Å². The molecule has 1 aliphatic carbocycles. The molecule has 1 saturated carbocycles. The molecule has 1 aromatic rings. The first-order valence-corrected chi connectivity index (χ1v) is 10.3. The summed E-state index contributed by atoms with van der Waals surface area (Å²) in [7, 11) is -3.58. The Hall–Kier alpha value is -1.45. The molecule has 3 rings (SSSR count). The van der Waals surface area contributed by atoms with Crippen LogP contribution < -0.4 is 5.32 Å². The monoisotopic (exact) mass is 369 g/mol. The van der Waals surface area contributed by atoms with E-state index in [-0.39, 0.29) is 23.0 Å². The van der Waals surface area contributed by atoms with Crippen LogP contribution in [0.25, 0.3) is 0 Å². The number of carbonyl (C=O) groups is 1. The Balaban J connectivity index is 1.59. The first-order chi connectivity index (χ1) is 11.8. The number of nitrogens with one attached hydrogen (secondary N) is 1. The van der Waals surface area contributed by atoms with Crippen LogP contribution in [0.3, 0.4) is 0 Å². The van der Waals surface area contributed by atoms with E-state index < -0.39 is 10.0 Å². The minimum absolute atomic E-state index is 0.0366. The molecule has 25 heavy (non-hydrogen) atoms. The maximum Gasteiger partial charge on any atom is 0.262 e. The van der Waals surface area contributed by atoms with Gasteiger partial charge in [0, 0.05) is 44.5 Å². The fourth-order valence-electron chi connectivity index (χ4n) is 2.91. The number of nitrogens with zero attached hydrogens (tertiary/aromatic N) is 4. The number of rotatable bonds is 6. The molecule has 1 amide bonds. The normalized spacial score (nSPS) is 21.4. The molecule has 1 saturated heterocycles. The molecule has 2 fully saturated rings. The average Bonchev–Trinajstić information content (AvgIpc) is 3.24. The molecular formula is C16H27N5O3S. The SMILES string of the molecule is CC(C)n1cnc(S(=O)(=O)N2CCN([C@H](C)C(=O)NC3CC3)CC2)c1. The summed E-state index contributed by atoms with van der Waals surface area (Å²) in [5.41, 5.74) is 0. The van der Waals surface area contributed by atoms with Gasteiger partial charge in [-0.1, -0.05) is 0 Å². The second-order valence-corrected chi connectivity index (χ2v) is 9.04. The molecule has 0 unspecified atom stereocenters. The number of amides is 1. The molecule has 9 heteroatoms. The number of piperazine rings is 1. The van der Waals surface area contributed by atoms with Crippen molar-refractivity contribution in [1.29, 1.82) is 0 Å². The van der Waals surface area contributed by atoms with Crippen molar-refractivity contribution in [3.8, 4) is 0 Å². The van der Waals surface area contributed by atoms with Crippen LogP contribution >= 0.6 is 0 Å². The second-order valence-electron chi connectivity index (χ2n) is 7.15. The second kappa shape index (κ2) is 7.05. The lowest BCUT2D eigenvalue weighted by molar-refractivity contribution is -0.126. The fourth-order valence-corrected chi connectivity index (χ4v) is 4.26. The highest BCUT2D eigenvalue weighted by Crippen LogP contribution is 2.20. The summed E-state index contributed by atoms with van der Waals surface area (Å²) in [5, 5.41) is 3.10. The van der Waals surface area contributed by atoms with Crippen molar-refractivity contribution in [3.63, 3.8) is 0 Å². The summed E-state index contributed by atoms with van der Waals surface area (Å²) >= 11 is 0. The predicted octanol–water partition coefficient (Wildman–Crippen LogP) is 0.437. The number of hydrogen-bond acceptors (Lipinski definition) is 5. The Morgan fingerprint density at radius 1 is 1.20 bits per heavy atom. The smallest absolute Gasteiger partial charge is 0.262 e. The van der Waals surface area contributed by atoms with Gasteiger partial charge in [-0.25, -0.2) is 13.4 Å². The van der Waals surface area contributed by atoms with Gasteiger partial charge in [-0.2, -0.15) is 4.31 Å². The molecule has 2 heterocycles. The van der Waals surface area contributed by atoms with Crippen LogP contribution in [-0.2, 0) is 14.8 Å². The van der Waals surface area contributed by atoms with Crippen molar-refractivity contribution in [1.82, 2.24) is 24.1 Å². The third-order valence-corrected chi connectivity index (χ3v) is 6.69. The van der Waals surface area contributed by atoms with E-state index in [1.54, 1.807) is 17.1 Å². The fraction of sp³-hybridized carbons (Fsp3) is 0.750. The maximum absolute atomic E-state index is 12.7. The lowest BCUT2D eigenvalue weighted by Gasteiger charge is -2.36. The van der Waals surface area contributed by atoms with Crippen LogP contribution in [0.5, 0.6) is 0 Å².